The van der Waals surface area contributed by atoms with Crippen LogP contribution in [0.1, 0.15) is 36.8 Å². The molecule has 0 unspecified atom stereocenters. The first-order valence-corrected chi connectivity index (χ1v) is 6.16. The van der Waals surface area contributed by atoms with E-state index < -0.39 is 17.2 Å². The van der Waals surface area contributed by atoms with Crippen LogP contribution in [0.4, 0.5) is 4.39 Å². The smallest absolute Gasteiger partial charge is 0.337 e. The molecule has 20 heavy (non-hydrogen) atoms. The lowest BCUT2D eigenvalue weighted by Gasteiger charge is -2.20. The number of aromatic carboxylic acids is 1. The molecule has 0 spiro atoms. The summed E-state index contributed by atoms with van der Waals surface area (Å²) in [6, 6.07) is 5.91. The highest BCUT2D eigenvalue weighted by Gasteiger charge is 2.24. The van der Waals surface area contributed by atoms with Gasteiger partial charge >= 0.3 is 5.97 Å². The molecule has 1 N–H and O–H groups in total. The molecule has 5 heteroatoms. The number of nitrogens with zero attached hydrogens (tertiary/aromatic N) is 2. The minimum atomic E-state index is -1.01. The molecule has 0 radical (unpaired) electrons. The topological polar surface area (TPSA) is 63.1 Å². The van der Waals surface area contributed by atoms with Gasteiger partial charge in [0.15, 0.2) is 0 Å². The second-order valence-electron chi connectivity index (χ2n) is 5.51. The third-order valence-corrected chi connectivity index (χ3v) is 2.83. The third kappa shape index (κ3) is 2.82. The van der Waals surface area contributed by atoms with Crippen LogP contribution in [0.5, 0.6) is 0 Å². The lowest BCUT2D eigenvalue weighted by atomic mass is 9.88. The highest BCUT2D eigenvalue weighted by molar-refractivity contribution is 5.89. The monoisotopic (exact) mass is 274 g/mol. The van der Waals surface area contributed by atoms with Gasteiger partial charge in [-0.05, 0) is 24.3 Å². The van der Waals surface area contributed by atoms with Crippen LogP contribution in [-0.4, -0.2) is 21.0 Å². The summed E-state index contributed by atoms with van der Waals surface area (Å²) >= 11 is 0. The van der Waals surface area contributed by atoms with Crippen LogP contribution in [0.15, 0.2) is 30.5 Å². The van der Waals surface area contributed by atoms with Crippen LogP contribution in [0.2, 0.25) is 0 Å². The van der Waals surface area contributed by atoms with Crippen LogP contribution in [0.3, 0.4) is 0 Å². The van der Waals surface area contributed by atoms with E-state index in [1.165, 1.54) is 18.2 Å². The van der Waals surface area contributed by atoms with Crippen molar-refractivity contribution in [3.63, 3.8) is 0 Å². The van der Waals surface area contributed by atoms with Gasteiger partial charge in [0.1, 0.15) is 5.82 Å². The summed E-state index contributed by atoms with van der Waals surface area (Å²) < 4.78 is 12.9. The highest BCUT2D eigenvalue weighted by atomic mass is 19.1. The van der Waals surface area contributed by atoms with E-state index in [9.17, 15) is 14.3 Å². The number of carboxylic acids is 1. The minimum Gasteiger partial charge on any atom is -0.478 e. The molecule has 4 nitrogen and oxygen atoms in total. The molecule has 0 amide bonds. The SMILES string of the molecule is CC(C)(C)c1nc(-c2ccc(F)cn2)ccc1C(=O)O. The molecule has 2 rings (SSSR count). The summed E-state index contributed by atoms with van der Waals surface area (Å²) in [6.07, 6.45) is 1.11. The Morgan fingerprint density at radius 1 is 1.15 bits per heavy atom. The van der Waals surface area contributed by atoms with E-state index in [0.29, 0.717) is 17.1 Å². The fourth-order valence-electron chi connectivity index (χ4n) is 1.87. The van der Waals surface area contributed by atoms with Crippen LogP contribution in [0, 0.1) is 5.82 Å². The summed E-state index contributed by atoms with van der Waals surface area (Å²) in [5, 5.41) is 9.22. The van der Waals surface area contributed by atoms with E-state index in [-0.39, 0.29) is 5.56 Å². The maximum Gasteiger partial charge on any atom is 0.337 e. The number of carbonyl (C=O) groups is 1. The second-order valence-corrected chi connectivity index (χ2v) is 5.51. The molecule has 0 fully saturated rings. The van der Waals surface area contributed by atoms with Crippen molar-refractivity contribution in [2.75, 3.05) is 0 Å². The zero-order valence-corrected chi connectivity index (χ0v) is 11.5. The third-order valence-electron chi connectivity index (χ3n) is 2.83. The minimum absolute atomic E-state index is 0.170. The van der Waals surface area contributed by atoms with Crippen LogP contribution in [0.25, 0.3) is 11.4 Å². The molecular weight excluding hydrogens is 259 g/mol. The Morgan fingerprint density at radius 3 is 2.30 bits per heavy atom. The van der Waals surface area contributed by atoms with E-state index in [1.807, 2.05) is 20.8 Å². The van der Waals surface area contributed by atoms with Crippen molar-refractivity contribution in [1.29, 1.82) is 0 Å². The van der Waals surface area contributed by atoms with Gasteiger partial charge in [0.25, 0.3) is 0 Å². The zero-order chi connectivity index (χ0) is 14.9. The summed E-state index contributed by atoms with van der Waals surface area (Å²) in [5.74, 6) is -1.44. The Bertz CT molecular complexity index is 646. The molecule has 2 heterocycles. The van der Waals surface area contributed by atoms with Gasteiger partial charge in [0, 0.05) is 5.41 Å². The number of hydrogen-bond acceptors (Lipinski definition) is 3. The first kappa shape index (κ1) is 14.1. The molecule has 0 atom stereocenters. The Labute approximate surface area is 116 Å². The van der Waals surface area contributed by atoms with Crippen molar-refractivity contribution in [1.82, 2.24) is 9.97 Å². The quantitative estimate of drug-likeness (QED) is 0.912. The van der Waals surface area contributed by atoms with Gasteiger partial charge in [-0.2, -0.15) is 0 Å². The van der Waals surface area contributed by atoms with Crippen molar-refractivity contribution < 1.29 is 14.3 Å². The number of pyridine rings is 2. The first-order valence-electron chi connectivity index (χ1n) is 6.16. The number of hydrogen-bond donors (Lipinski definition) is 1. The average Bonchev–Trinajstić information content (AvgIpc) is 2.38. The van der Waals surface area contributed by atoms with Gasteiger partial charge in [-0.3, -0.25) is 4.98 Å². The molecule has 0 saturated carbocycles. The van der Waals surface area contributed by atoms with Gasteiger partial charge in [-0.1, -0.05) is 20.8 Å². The molecule has 0 aliphatic carbocycles. The van der Waals surface area contributed by atoms with E-state index in [2.05, 4.69) is 9.97 Å². The second kappa shape index (κ2) is 5.00. The van der Waals surface area contributed by atoms with E-state index in [4.69, 9.17) is 0 Å². The van der Waals surface area contributed by atoms with Crippen molar-refractivity contribution in [3.05, 3.63) is 47.5 Å². The molecule has 0 aliphatic rings. The summed E-state index contributed by atoms with van der Waals surface area (Å²) in [5.41, 5.74) is 1.27. The largest absolute Gasteiger partial charge is 0.478 e. The summed E-state index contributed by atoms with van der Waals surface area (Å²) in [4.78, 5) is 19.6. The number of rotatable bonds is 2. The Morgan fingerprint density at radius 2 is 1.80 bits per heavy atom. The van der Waals surface area contributed by atoms with E-state index in [1.54, 1.807) is 6.07 Å². The number of halogens is 1. The summed E-state index contributed by atoms with van der Waals surface area (Å²) in [6.45, 7) is 5.68. The molecule has 0 bridgehead atoms. The lowest BCUT2D eigenvalue weighted by molar-refractivity contribution is 0.0693. The van der Waals surface area contributed by atoms with Gasteiger partial charge in [-0.25, -0.2) is 14.2 Å². The van der Waals surface area contributed by atoms with Gasteiger partial charge in [0.2, 0.25) is 0 Å². The van der Waals surface area contributed by atoms with Gasteiger partial charge < -0.3 is 5.11 Å². The lowest BCUT2D eigenvalue weighted by Crippen LogP contribution is -2.19. The van der Waals surface area contributed by atoms with E-state index in [0.717, 1.165) is 6.20 Å². The van der Waals surface area contributed by atoms with Crippen LogP contribution in [-0.2, 0) is 5.41 Å². The highest BCUT2D eigenvalue weighted by Crippen LogP contribution is 2.27. The number of carboxylic acid groups (broad SMARTS) is 1. The predicted molar refractivity (Wildman–Crippen MR) is 73.1 cm³/mol. The Kier molecular flexibility index (Phi) is 3.53. The molecule has 0 saturated heterocycles. The molecule has 2 aromatic rings. The Balaban J connectivity index is 2.58. The van der Waals surface area contributed by atoms with Crippen molar-refractivity contribution in [2.24, 2.45) is 0 Å². The zero-order valence-electron chi connectivity index (χ0n) is 11.5. The molecule has 104 valence electrons. The van der Waals surface area contributed by atoms with Crippen molar-refractivity contribution >= 4 is 5.97 Å². The average molecular weight is 274 g/mol. The number of aromatic nitrogens is 2. The standard InChI is InChI=1S/C15H15FN2O2/c1-15(2,3)13-10(14(19)20)5-7-12(18-13)11-6-4-9(16)8-17-11/h4-8H,1-3H3,(H,19,20). The van der Waals surface area contributed by atoms with E-state index >= 15 is 0 Å². The predicted octanol–water partition coefficient (Wildman–Crippen LogP) is 3.28. The van der Waals surface area contributed by atoms with Crippen molar-refractivity contribution in [3.8, 4) is 11.4 Å². The fraction of sp³-hybridized carbons (Fsp3) is 0.267. The fourth-order valence-corrected chi connectivity index (χ4v) is 1.87. The Hall–Kier alpha value is -2.30. The van der Waals surface area contributed by atoms with Gasteiger partial charge in [-0.15, -0.1) is 0 Å². The first-order chi connectivity index (χ1) is 9.29. The molecule has 0 aliphatic heterocycles. The molecular formula is C15H15FN2O2. The maximum absolute atomic E-state index is 12.9. The molecule has 2 aromatic heterocycles. The normalized spacial score (nSPS) is 11.4. The maximum atomic E-state index is 12.9. The van der Waals surface area contributed by atoms with Gasteiger partial charge in [0.05, 0.1) is 28.8 Å². The van der Waals surface area contributed by atoms with Crippen molar-refractivity contribution in [2.45, 2.75) is 26.2 Å². The van der Waals surface area contributed by atoms with Crippen LogP contribution < -0.4 is 0 Å². The summed E-state index contributed by atoms with van der Waals surface area (Å²) in [7, 11) is 0. The molecule has 0 aromatic carbocycles. The van der Waals surface area contributed by atoms with Crippen LogP contribution >= 0.6 is 0 Å².